The van der Waals surface area contributed by atoms with E-state index in [1.165, 1.54) is 59.6 Å². The van der Waals surface area contributed by atoms with Crippen LogP contribution in [0, 0.1) is 6.92 Å². The number of aryl methyl sites for hydroxylation is 1. The molecule has 2 aliphatic rings. The van der Waals surface area contributed by atoms with E-state index in [1.54, 1.807) is 0 Å². The number of primary amides is 1. The summed E-state index contributed by atoms with van der Waals surface area (Å²) in [6, 6.07) is 13.6. The van der Waals surface area contributed by atoms with Crippen molar-refractivity contribution < 1.29 is 4.79 Å². The maximum absolute atomic E-state index is 11.1. The minimum absolute atomic E-state index is 0.105. The number of benzene rings is 2. The van der Waals surface area contributed by atoms with E-state index >= 15 is 0 Å². The van der Waals surface area contributed by atoms with Gasteiger partial charge >= 0.3 is 0 Å². The maximum Gasteiger partial charge on any atom is 0.241 e. The molecule has 2 nitrogen and oxygen atoms in total. The summed E-state index contributed by atoms with van der Waals surface area (Å²) in [5.41, 5.74) is 14.2. The van der Waals surface area contributed by atoms with Crippen LogP contribution in [-0.2, 0) is 21.0 Å². The predicted octanol–water partition coefficient (Wildman–Crippen LogP) is 5.92. The molecule has 0 saturated heterocycles. The normalized spacial score (nSPS) is 21.0. The predicted molar refractivity (Wildman–Crippen MR) is 121 cm³/mol. The zero-order chi connectivity index (χ0) is 21.0. The standard InChI is InChI=1S/C27H33NO/c1-18-15-22-23(26(4,5)12-11-25(22,2)3)17-21(18)27(13-14-27)20-8-6-7-19(16-20)9-10-24(28)29/h6-10,15-17H,11-14H2,1-5H3,(H2,28,29). The summed E-state index contributed by atoms with van der Waals surface area (Å²) in [4.78, 5) is 11.1. The van der Waals surface area contributed by atoms with Crippen molar-refractivity contribution in [3.8, 4) is 0 Å². The molecule has 29 heavy (non-hydrogen) atoms. The summed E-state index contributed by atoms with van der Waals surface area (Å²) in [6.07, 6.45) is 8.08. The molecule has 0 radical (unpaired) electrons. The van der Waals surface area contributed by atoms with Crippen LogP contribution in [0.4, 0.5) is 0 Å². The van der Waals surface area contributed by atoms with Crippen molar-refractivity contribution in [1.29, 1.82) is 0 Å². The average Bonchev–Trinajstić information content (AvgIpc) is 3.46. The topological polar surface area (TPSA) is 43.1 Å². The summed E-state index contributed by atoms with van der Waals surface area (Å²) in [5, 5.41) is 0. The van der Waals surface area contributed by atoms with Crippen LogP contribution >= 0.6 is 0 Å². The second kappa shape index (κ2) is 6.58. The quantitative estimate of drug-likeness (QED) is 0.650. The summed E-state index contributed by atoms with van der Waals surface area (Å²) in [7, 11) is 0. The number of rotatable bonds is 4. The SMILES string of the molecule is Cc1cc2c(cc1C1(c3cccc(C=CC(N)=O)c3)CC1)C(C)(C)CCC2(C)C. The van der Waals surface area contributed by atoms with Crippen molar-refractivity contribution in [2.75, 3.05) is 0 Å². The highest BCUT2D eigenvalue weighted by Crippen LogP contribution is 2.56. The lowest BCUT2D eigenvalue weighted by atomic mass is 9.62. The lowest BCUT2D eigenvalue weighted by Gasteiger charge is -2.43. The number of hydrogen-bond acceptors (Lipinski definition) is 1. The van der Waals surface area contributed by atoms with Crippen LogP contribution in [0.15, 0.2) is 42.5 Å². The monoisotopic (exact) mass is 387 g/mol. The number of carbonyl (C=O) groups excluding carboxylic acids is 1. The van der Waals surface area contributed by atoms with Crippen LogP contribution in [0.2, 0.25) is 0 Å². The Balaban J connectivity index is 1.82. The molecule has 0 spiro atoms. The van der Waals surface area contributed by atoms with Crippen LogP contribution in [-0.4, -0.2) is 5.91 Å². The van der Waals surface area contributed by atoms with Crippen molar-refractivity contribution in [3.63, 3.8) is 0 Å². The third-order valence-corrected chi connectivity index (χ3v) is 7.34. The van der Waals surface area contributed by atoms with E-state index in [2.05, 4.69) is 65.0 Å². The summed E-state index contributed by atoms with van der Waals surface area (Å²) in [6.45, 7) is 11.9. The molecule has 4 rings (SSSR count). The van der Waals surface area contributed by atoms with Gasteiger partial charge in [0.25, 0.3) is 0 Å². The third-order valence-electron chi connectivity index (χ3n) is 7.34. The maximum atomic E-state index is 11.1. The van der Waals surface area contributed by atoms with Crippen molar-refractivity contribution in [1.82, 2.24) is 0 Å². The van der Waals surface area contributed by atoms with Crippen molar-refractivity contribution in [2.45, 2.75) is 76.5 Å². The van der Waals surface area contributed by atoms with Gasteiger partial charge in [-0.1, -0.05) is 64.1 Å². The molecule has 0 aromatic heterocycles. The Morgan fingerprint density at radius 2 is 1.52 bits per heavy atom. The lowest BCUT2D eigenvalue weighted by Crippen LogP contribution is -2.34. The Kier molecular flexibility index (Phi) is 4.53. The van der Waals surface area contributed by atoms with Gasteiger partial charge in [0.05, 0.1) is 0 Å². The highest BCUT2D eigenvalue weighted by atomic mass is 16.1. The molecule has 2 aromatic carbocycles. The van der Waals surface area contributed by atoms with Gasteiger partial charge in [-0.25, -0.2) is 0 Å². The Hall–Kier alpha value is -2.35. The second-order valence-electron chi connectivity index (χ2n) is 10.4. The van der Waals surface area contributed by atoms with E-state index in [1.807, 2.05) is 12.1 Å². The summed E-state index contributed by atoms with van der Waals surface area (Å²) >= 11 is 0. The molecule has 2 heteroatoms. The number of amides is 1. The van der Waals surface area contributed by atoms with Gasteiger partial charge in [-0.3, -0.25) is 4.79 Å². The van der Waals surface area contributed by atoms with Gasteiger partial charge in [0.15, 0.2) is 0 Å². The molecule has 2 aliphatic carbocycles. The molecular weight excluding hydrogens is 354 g/mol. The zero-order valence-corrected chi connectivity index (χ0v) is 18.4. The van der Waals surface area contributed by atoms with Crippen LogP contribution in [0.25, 0.3) is 6.08 Å². The molecule has 2 aromatic rings. The van der Waals surface area contributed by atoms with E-state index in [0.29, 0.717) is 0 Å². The van der Waals surface area contributed by atoms with E-state index in [4.69, 9.17) is 5.73 Å². The molecule has 1 amide bonds. The first-order chi connectivity index (χ1) is 13.6. The Bertz CT molecular complexity index is 1010. The van der Waals surface area contributed by atoms with E-state index in [-0.39, 0.29) is 16.2 Å². The smallest absolute Gasteiger partial charge is 0.241 e. The van der Waals surface area contributed by atoms with Crippen LogP contribution < -0.4 is 5.73 Å². The fraction of sp³-hybridized carbons (Fsp3) is 0.444. The molecule has 152 valence electrons. The van der Waals surface area contributed by atoms with Gasteiger partial charge in [0, 0.05) is 11.5 Å². The fourth-order valence-electron chi connectivity index (χ4n) is 5.19. The molecular formula is C27H33NO. The lowest BCUT2D eigenvalue weighted by molar-refractivity contribution is -0.113. The molecule has 0 atom stereocenters. The van der Waals surface area contributed by atoms with Crippen molar-refractivity contribution in [3.05, 3.63) is 75.9 Å². The van der Waals surface area contributed by atoms with Gasteiger partial charge < -0.3 is 5.73 Å². The summed E-state index contributed by atoms with van der Waals surface area (Å²) in [5.74, 6) is -0.410. The number of hydrogen-bond donors (Lipinski definition) is 1. The zero-order valence-electron chi connectivity index (χ0n) is 18.4. The van der Waals surface area contributed by atoms with Crippen molar-refractivity contribution in [2.24, 2.45) is 5.73 Å². The van der Waals surface area contributed by atoms with Crippen molar-refractivity contribution >= 4 is 12.0 Å². The molecule has 0 aliphatic heterocycles. The molecule has 0 heterocycles. The molecule has 1 fully saturated rings. The van der Waals surface area contributed by atoms with Crippen LogP contribution in [0.3, 0.4) is 0 Å². The highest BCUT2D eigenvalue weighted by molar-refractivity contribution is 5.90. The van der Waals surface area contributed by atoms with Crippen LogP contribution in [0.1, 0.15) is 86.8 Å². The Morgan fingerprint density at radius 1 is 0.897 bits per heavy atom. The molecule has 1 saturated carbocycles. The fourth-order valence-corrected chi connectivity index (χ4v) is 5.19. The van der Waals surface area contributed by atoms with Gasteiger partial charge in [-0.05, 0) is 82.9 Å². The van der Waals surface area contributed by atoms with Gasteiger partial charge in [0.2, 0.25) is 5.91 Å². The first-order valence-corrected chi connectivity index (χ1v) is 10.8. The van der Waals surface area contributed by atoms with E-state index in [0.717, 1.165) is 5.56 Å². The van der Waals surface area contributed by atoms with E-state index < -0.39 is 5.91 Å². The summed E-state index contributed by atoms with van der Waals surface area (Å²) < 4.78 is 0. The first-order valence-electron chi connectivity index (χ1n) is 10.8. The number of carbonyl (C=O) groups is 1. The van der Waals surface area contributed by atoms with Gasteiger partial charge in [0.1, 0.15) is 0 Å². The van der Waals surface area contributed by atoms with Gasteiger partial charge in [-0.2, -0.15) is 0 Å². The average molecular weight is 388 g/mol. The molecule has 0 unspecified atom stereocenters. The van der Waals surface area contributed by atoms with Gasteiger partial charge in [-0.15, -0.1) is 0 Å². The molecule has 0 bridgehead atoms. The minimum atomic E-state index is -0.410. The largest absolute Gasteiger partial charge is 0.366 e. The van der Waals surface area contributed by atoms with Crippen LogP contribution in [0.5, 0.6) is 0 Å². The Morgan fingerprint density at radius 3 is 2.10 bits per heavy atom. The number of nitrogens with two attached hydrogens (primary N) is 1. The minimum Gasteiger partial charge on any atom is -0.366 e. The second-order valence-corrected chi connectivity index (χ2v) is 10.4. The number of fused-ring (bicyclic) bond motifs is 1. The first kappa shape index (κ1) is 19.9. The molecule has 2 N–H and O–H groups in total. The Labute approximate surface area is 175 Å². The highest BCUT2D eigenvalue weighted by Gasteiger charge is 2.48. The van der Waals surface area contributed by atoms with E-state index in [9.17, 15) is 4.79 Å². The third kappa shape index (κ3) is 3.43.